The van der Waals surface area contributed by atoms with E-state index in [9.17, 15) is 0 Å². The zero-order chi connectivity index (χ0) is 14.7. The number of benzene rings is 1. The van der Waals surface area contributed by atoms with E-state index in [1.165, 1.54) is 31.3 Å². The fourth-order valence-corrected chi connectivity index (χ4v) is 3.30. The maximum absolute atomic E-state index is 9.15. The predicted molar refractivity (Wildman–Crippen MR) is 85.2 cm³/mol. The van der Waals surface area contributed by atoms with Crippen molar-refractivity contribution in [2.75, 3.05) is 13.2 Å². The average Bonchev–Trinajstić information content (AvgIpc) is 2.85. The maximum Gasteiger partial charge on any atom is 0.124 e. The van der Waals surface area contributed by atoms with Gasteiger partial charge in [-0.1, -0.05) is 18.6 Å². The van der Waals surface area contributed by atoms with Gasteiger partial charge in [-0.3, -0.25) is 4.90 Å². The van der Waals surface area contributed by atoms with Gasteiger partial charge in [-0.15, -0.1) is 0 Å². The Morgan fingerprint density at radius 1 is 1.29 bits per heavy atom. The summed E-state index contributed by atoms with van der Waals surface area (Å²) in [4.78, 5) is 7.38. The molecule has 4 heteroatoms. The van der Waals surface area contributed by atoms with Crippen molar-refractivity contribution < 1.29 is 5.11 Å². The van der Waals surface area contributed by atoms with E-state index in [4.69, 9.17) is 10.1 Å². The molecule has 0 radical (unpaired) electrons. The Kier molecular flexibility index (Phi) is 4.56. The van der Waals surface area contributed by atoms with E-state index >= 15 is 0 Å². The molecule has 1 atom stereocenters. The highest BCUT2D eigenvalue weighted by molar-refractivity contribution is 5.75. The van der Waals surface area contributed by atoms with Gasteiger partial charge in [0.2, 0.25) is 0 Å². The number of hydrogen-bond donors (Lipinski definition) is 1. The van der Waals surface area contributed by atoms with Crippen LogP contribution in [0.2, 0.25) is 0 Å². The molecule has 4 nitrogen and oxygen atoms in total. The van der Waals surface area contributed by atoms with Gasteiger partial charge in [0.15, 0.2) is 0 Å². The average molecular weight is 287 g/mol. The summed E-state index contributed by atoms with van der Waals surface area (Å²) < 4.78 is 2.28. The van der Waals surface area contributed by atoms with Crippen LogP contribution in [-0.2, 0) is 13.1 Å². The number of para-hydroxylation sites is 2. The Bertz CT molecular complexity index is 593. The van der Waals surface area contributed by atoms with E-state index in [0.29, 0.717) is 6.04 Å². The van der Waals surface area contributed by atoms with Crippen LogP contribution in [-0.4, -0.2) is 38.8 Å². The van der Waals surface area contributed by atoms with Crippen LogP contribution >= 0.6 is 0 Å². The molecule has 1 aromatic heterocycles. The molecule has 1 saturated heterocycles. The summed E-state index contributed by atoms with van der Waals surface area (Å²) in [6.45, 7) is 5.48. The lowest BCUT2D eigenvalue weighted by Crippen LogP contribution is -2.37. The third-order valence-electron chi connectivity index (χ3n) is 4.56. The first-order chi connectivity index (χ1) is 10.3. The number of aryl methyl sites for hydroxylation is 1. The van der Waals surface area contributed by atoms with Gasteiger partial charge < -0.3 is 9.67 Å². The van der Waals surface area contributed by atoms with Crippen LogP contribution in [0, 0.1) is 0 Å². The first-order valence-corrected chi connectivity index (χ1v) is 8.08. The molecule has 1 aliphatic heterocycles. The van der Waals surface area contributed by atoms with Crippen molar-refractivity contribution >= 4 is 11.0 Å². The summed E-state index contributed by atoms with van der Waals surface area (Å²) in [7, 11) is 0. The van der Waals surface area contributed by atoms with Crippen LogP contribution < -0.4 is 0 Å². The van der Waals surface area contributed by atoms with Crippen molar-refractivity contribution in [1.82, 2.24) is 14.5 Å². The minimum absolute atomic E-state index is 0.228. The molecule has 114 valence electrons. The van der Waals surface area contributed by atoms with Crippen LogP contribution in [0.15, 0.2) is 24.3 Å². The summed E-state index contributed by atoms with van der Waals surface area (Å²) in [6.07, 6.45) is 4.71. The largest absolute Gasteiger partial charge is 0.396 e. The lowest BCUT2D eigenvalue weighted by Gasteiger charge is -2.33. The standard InChI is InChI=1S/C17H25N3O/c1-14-7-4-5-10-19(14)13-17-18-15-8-2-3-9-16(15)20(17)11-6-12-21/h2-3,8-9,14,21H,4-7,10-13H2,1H3. The Morgan fingerprint density at radius 2 is 2.14 bits per heavy atom. The molecular formula is C17H25N3O. The summed E-state index contributed by atoms with van der Waals surface area (Å²) in [5.74, 6) is 1.14. The van der Waals surface area contributed by atoms with E-state index in [-0.39, 0.29) is 6.61 Å². The molecule has 0 aliphatic carbocycles. The van der Waals surface area contributed by atoms with Crippen LogP contribution in [0.5, 0.6) is 0 Å². The van der Waals surface area contributed by atoms with Crippen molar-refractivity contribution in [2.24, 2.45) is 0 Å². The first-order valence-electron chi connectivity index (χ1n) is 8.08. The van der Waals surface area contributed by atoms with Crippen molar-refractivity contribution in [2.45, 2.75) is 51.7 Å². The number of aliphatic hydroxyl groups excluding tert-OH is 1. The number of piperidine rings is 1. The molecule has 0 spiro atoms. The summed E-state index contributed by atoms with van der Waals surface area (Å²) in [6, 6.07) is 8.95. The topological polar surface area (TPSA) is 41.3 Å². The van der Waals surface area contributed by atoms with Crippen LogP contribution in [0.25, 0.3) is 11.0 Å². The lowest BCUT2D eigenvalue weighted by molar-refractivity contribution is 0.147. The number of fused-ring (bicyclic) bond motifs is 1. The molecule has 1 N–H and O–H groups in total. The van der Waals surface area contributed by atoms with Crippen LogP contribution in [0.1, 0.15) is 38.4 Å². The van der Waals surface area contributed by atoms with Crippen molar-refractivity contribution in [3.8, 4) is 0 Å². The normalized spacial score (nSPS) is 20.2. The summed E-state index contributed by atoms with van der Waals surface area (Å²) >= 11 is 0. The highest BCUT2D eigenvalue weighted by Crippen LogP contribution is 2.22. The van der Waals surface area contributed by atoms with Crippen molar-refractivity contribution in [1.29, 1.82) is 0 Å². The van der Waals surface area contributed by atoms with Gasteiger partial charge in [0.25, 0.3) is 0 Å². The number of likely N-dealkylation sites (tertiary alicyclic amines) is 1. The minimum Gasteiger partial charge on any atom is -0.396 e. The van der Waals surface area contributed by atoms with Gasteiger partial charge in [-0.05, 0) is 44.9 Å². The van der Waals surface area contributed by atoms with Crippen LogP contribution in [0.3, 0.4) is 0 Å². The third kappa shape index (κ3) is 3.11. The first kappa shape index (κ1) is 14.5. The quantitative estimate of drug-likeness (QED) is 0.919. The number of rotatable bonds is 5. The second kappa shape index (κ2) is 6.58. The summed E-state index contributed by atoms with van der Waals surface area (Å²) in [5, 5.41) is 9.15. The summed E-state index contributed by atoms with van der Waals surface area (Å²) in [5.41, 5.74) is 2.25. The fraction of sp³-hybridized carbons (Fsp3) is 0.588. The highest BCUT2D eigenvalue weighted by atomic mass is 16.3. The molecule has 1 unspecified atom stereocenters. The van der Waals surface area contributed by atoms with Gasteiger partial charge >= 0.3 is 0 Å². The number of hydrogen-bond acceptors (Lipinski definition) is 3. The zero-order valence-electron chi connectivity index (χ0n) is 12.8. The van der Waals surface area contributed by atoms with Crippen molar-refractivity contribution in [3.05, 3.63) is 30.1 Å². The minimum atomic E-state index is 0.228. The maximum atomic E-state index is 9.15. The number of aromatic nitrogens is 2. The van der Waals surface area contributed by atoms with Gasteiger partial charge in [-0.25, -0.2) is 4.98 Å². The molecule has 2 heterocycles. The SMILES string of the molecule is CC1CCCCN1Cc1nc2ccccc2n1CCCO. The molecule has 3 rings (SSSR count). The van der Waals surface area contributed by atoms with Gasteiger partial charge in [0.1, 0.15) is 5.82 Å². The van der Waals surface area contributed by atoms with E-state index in [0.717, 1.165) is 30.9 Å². The number of imidazole rings is 1. The van der Waals surface area contributed by atoms with E-state index in [2.05, 4.69) is 34.6 Å². The molecule has 1 aromatic carbocycles. The second-order valence-corrected chi connectivity index (χ2v) is 6.06. The number of aliphatic hydroxyl groups is 1. The van der Waals surface area contributed by atoms with E-state index in [1.54, 1.807) is 0 Å². The zero-order valence-corrected chi connectivity index (χ0v) is 12.8. The van der Waals surface area contributed by atoms with Gasteiger partial charge in [-0.2, -0.15) is 0 Å². The van der Waals surface area contributed by atoms with Gasteiger partial charge in [0.05, 0.1) is 17.6 Å². The smallest absolute Gasteiger partial charge is 0.124 e. The van der Waals surface area contributed by atoms with Crippen LogP contribution in [0.4, 0.5) is 0 Å². The molecular weight excluding hydrogens is 262 g/mol. The molecule has 0 saturated carbocycles. The van der Waals surface area contributed by atoms with E-state index in [1.807, 2.05) is 6.07 Å². The second-order valence-electron chi connectivity index (χ2n) is 6.06. The van der Waals surface area contributed by atoms with E-state index < -0.39 is 0 Å². The fourth-order valence-electron chi connectivity index (χ4n) is 3.30. The Balaban J connectivity index is 1.88. The molecule has 1 aliphatic rings. The molecule has 1 fully saturated rings. The molecule has 21 heavy (non-hydrogen) atoms. The van der Waals surface area contributed by atoms with Gasteiger partial charge in [0, 0.05) is 19.2 Å². The third-order valence-corrected chi connectivity index (χ3v) is 4.56. The Hall–Kier alpha value is -1.39. The molecule has 2 aromatic rings. The van der Waals surface area contributed by atoms with Crippen molar-refractivity contribution in [3.63, 3.8) is 0 Å². The molecule has 0 bridgehead atoms. The molecule has 0 amide bonds. The lowest BCUT2D eigenvalue weighted by atomic mass is 10.0. The number of nitrogens with zero attached hydrogens (tertiary/aromatic N) is 3. The predicted octanol–water partition coefficient (Wildman–Crippen LogP) is 2.79. The monoisotopic (exact) mass is 287 g/mol. The Labute approximate surface area is 126 Å². The Morgan fingerprint density at radius 3 is 2.95 bits per heavy atom. The highest BCUT2D eigenvalue weighted by Gasteiger charge is 2.21.